The summed E-state index contributed by atoms with van der Waals surface area (Å²) in [6.07, 6.45) is 5.78. The van der Waals surface area contributed by atoms with E-state index in [-0.39, 0.29) is 0 Å². The molecule has 0 fully saturated rings. The number of hydrogen-bond acceptors (Lipinski definition) is 7. The minimum Gasteiger partial charge on any atom is -0.299 e. The van der Waals surface area contributed by atoms with Crippen molar-refractivity contribution in [3.8, 4) is 0 Å². The van der Waals surface area contributed by atoms with Crippen molar-refractivity contribution in [1.82, 2.24) is 45.0 Å². The SMILES string of the molecule is c1ccc(Cn2cc(CN(c3cn(Cc4ccccc4)nn3)c3cn(Cc4ccccc4)nn3)nn2)cc1. The Labute approximate surface area is 219 Å². The Morgan fingerprint density at radius 2 is 0.868 bits per heavy atom. The first-order valence-corrected chi connectivity index (χ1v) is 12.4. The molecular weight excluding hydrogens is 476 g/mol. The highest BCUT2D eigenvalue weighted by atomic mass is 15.5. The van der Waals surface area contributed by atoms with Crippen LogP contribution in [-0.4, -0.2) is 45.0 Å². The van der Waals surface area contributed by atoms with Crippen LogP contribution in [0.15, 0.2) is 110 Å². The molecule has 3 heterocycles. The molecule has 0 radical (unpaired) electrons. The van der Waals surface area contributed by atoms with Gasteiger partial charge in [-0.1, -0.05) is 107 Å². The van der Waals surface area contributed by atoms with Crippen LogP contribution in [0.2, 0.25) is 0 Å². The van der Waals surface area contributed by atoms with Crippen molar-refractivity contribution in [1.29, 1.82) is 0 Å². The van der Waals surface area contributed by atoms with Crippen molar-refractivity contribution in [2.75, 3.05) is 4.90 Å². The van der Waals surface area contributed by atoms with E-state index in [9.17, 15) is 0 Å². The predicted molar refractivity (Wildman–Crippen MR) is 143 cm³/mol. The smallest absolute Gasteiger partial charge is 0.177 e. The minimum atomic E-state index is 0.419. The second-order valence-corrected chi connectivity index (χ2v) is 9.00. The van der Waals surface area contributed by atoms with Gasteiger partial charge in [-0.25, -0.2) is 14.0 Å². The van der Waals surface area contributed by atoms with Crippen LogP contribution in [-0.2, 0) is 26.2 Å². The number of rotatable bonds is 10. The lowest BCUT2D eigenvalue weighted by atomic mass is 10.2. The fourth-order valence-corrected chi connectivity index (χ4v) is 4.22. The first-order valence-electron chi connectivity index (χ1n) is 12.4. The van der Waals surface area contributed by atoms with Gasteiger partial charge < -0.3 is 0 Å². The number of anilines is 2. The van der Waals surface area contributed by atoms with Gasteiger partial charge in [-0.3, -0.25) is 4.90 Å². The van der Waals surface area contributed by atoms with Crippen LogP contribution in [0.25, 0.3) is 0 Å². The van der Waals surface area contributed by atoms with Gasteiger partial charge in [0.2, 0.25) is 0 Å². The second-order valence-electron chi connectivity index (χ2n) is 9.00. The topological polar surface area (TPSA) is 95.4 Å². The van der Waals surface area contributed by atoms with Crippen LogP contribution in [0.5, 0.6) is 0 Å². The molecular formula is C28H26N10. The summed E-state index contributed by atoms with van der Waals surface area (Å²) in [4.78, 5) is 1.96. The molecule has 0 bridgehead atoms. The molecule has 0 atom stereocenters. The standard InChI is InChI=1S/C28H26N10/c1-4-10-23(11-5-1)16-35-19-26(29-32-35)20-38(27-21-36(33-30-27)17-24-12-6-2-7-13-24)28-22-37(34-31-28)18-25-14-8-3-9-15-25/h1-15,19,21-22H,16-18,20H2. The summed E-state index contributed by atoms with van der Waals surface area (Å²) in [6, 6.07) is 30.5. The number of aromatic nitrogens is 9. The van der Waals surface area contributed by atoms with Crippen LogP contribution < -0.4 is 4.90 Å². The van der Waals surface area contributed by atoms with E-state index in [1.54, 1.807) is 0 Å². The lowest BCUT2D eigenvalue weighted by molar-refractivity contribution is 0.648. The molecule has 0 N–H and O–H groups in total. The van der Waals surface area contributed by atoms with Crippen molar-refractivity contribution in [2.45, 2.75) is 26.2 Å². The molecule has 3 aromatic heterocycles. The van der Waals surface area contributed by atoms with Gasteiger partial charge in [-0.2, -0.15) is 0 Å². The first-order chi connectivity index (χ1) is 18.8. The predicted octanol–water partition coefficient (Wildman–Crippen LogP) is 3.94. The van der Waals surface area contributed by atoms with Crippen molar-refractivity contribution in [3.63, 3.8) is 0 Å². The molecule has 3 aromatic carbocycles. The Bertz CT molecular complexity index is 1490. The summed E-state index contributed by atoms with van der Waals surface area (Å²) < 4.78 is 5.47. The van der Waals surface area contributed by atoms with Crippen molar-refractivity contribution in [2.24, 2.45) is 0 Å². The average Bonchev–Trinajstić information content (AvgIpc) is 3.71. The van der Waals surface area contributed by atoms with Crippen molar-refractivity contribution < 1.29 is 0 Å². The fourth-order valence-electron chi connectivity index (χ4n) is 4.22. The van der Waals surface area contributed by atoms with Gasteiger partial charge in [-0.05, 0) is 16.7 Å². The molecule has 188 valence electrons. The van der Waals surface area contributed by atoms with Crippen molar-refractivity contribution >= 4 is 11.6 Å². The molecule has 0 aliphatic rings. The molecule has 6 aromatic rings. The largest absolute Gasteiger partial charge is 0.299 e. The molecule has 6 rings (SSSR count). The van der Waals surface area contributed by atoms with Gasteiger partial charge in [0.25, 0.3) is 0 Å². The molecule has 0 aliphatic carbocycles. The van der Waals surface area contributed by atoms with Crippen LogP contribution in [0.1, 0.15) is 22.4 Å². The van der Waals surface area contributed by atoms with E-state index in [0.29, 0.717) is 37.8 Å². The maximum atomic E-state index is 4.46. The molecule has 0 saturated carbocycles. The van der Waals surface area contributed by atoms with Gasteiger partial charge >= 0.3 is 0 Å². The Hall–Kier alpha value is -5.12. The third kappa shape index (κ3) is 5.65. The van der Waals surface area contributed by atoms with E-state index in [0.717, 1.165) is 22.4 Å². The fraction of sp³-hybridized carbons (Fsp3) is 0.143. The van der Waals surface area contributed by atoms with E-state index < -0.39 is 0 Å². The highest BCUT2D eigenvalue weighted by molar-refractivity contribution is 5.53. The van der Waals surface area contributed by atoms with Crippen LogP contribution in [0, 0.1) is 0 Å². The third-order valence-electron chi connectivity index (χ3n) is 6.07. The monoisotopic (exact) mass is 502 g/mol. The number of nitrogens with zero attached hydrogens (tertiary/aromatic N) is 10. The zero-order valence-corrected chi connectivity index (χ0v) is 20.7. The van der Waals surface area contributed by atoms with E-state index in [1.807, 2.05) is 92.1 Å². The van der Waals surface area contributed by atoms with Crippen LogP contribution >= 0.6 is 0 Å². The summed E-state index contributed by atoms with van der Waals surface area (Å²) in [7, 11) is 0. The molecule has 0 amide bonds. The third-order valence-corrected chi connectivity index (χ3v) is 6.07. The van der Waals surface area contributed by atoms with Gasteiger partial charge in [0.1, 0.15) is 5.69 Å². The maximum Gasteiger partial charge on any atom is 0.177 e. The number of benzene rings is 3. The summed E-state index contributed by atoms with van der Waals surface area (Å²) in [6.45, 7) is 2.31. The summed E-state index contributed by atoms with van der Waals surface area (Å²) >= 11 is 0. The van der Waals surface area contributed by atoms with Crippen LogP contribution in [0.4, 0.5) is 11.6 Å². The lowest BCUT2D eigenvalue weighted by Crippen LogP contribution is -2.18. The molecule has 10 nitrogen and oxygen atoms in total. The summed E-state index contributed by atoms with van der Waals surface area (Å²) in [5.41, 5.74) is 4.24. The average molecular weight is 503 g/mol. The van der Waals surface area contributed by atoms with Gasteiger partial charge in [-0.15, -0.1) is 15.3 Å². The van der Waals surface area contributed by atoms with Gasteiger partial charge in [0, 0.05) is 0 Å². The zero-order valence-electron chi connectivity index (χ0n) is 20.7. The van der Waals surface area contributed by atoms with E-state index >= 15 is 0 Å². The van der Waals surface area contributed by atoms with E-state index in [1.165, 1.54) is 0 Å². The first kappa shape index (κ1) is 23.3. The summed E-state index contributed by atoms with van der Waals surface area (Å²) in [5, 5.41) is 26.4. The Morgan fingerprint density at radius 3 is 1.32 bits per heavy atom. The van der Waals surface area contributed by atoms with Gasteiger partial charge in [0.15, 0.2) is 11.6 Å². The second kappa shape index (κ2) is 10.9. The molecule has 38 heavy (non-hydrogen) atoms. The molecule has 0 saturated heterocycles. The Morgan fingerprint density at radius 1 is 0.474 bits per heavy atom. The highest BCUT2D eigenvalue weighted by Crippen LogP contribution is 2.23. The summed E-state index contributed by atoms with van der Waals surface area (Å²) in [5.74, 6) is 1.32. The maximum absolute atomic E-state index is 4.46. The minimum absolute atomic E-state index is 0.419. The van der Waals surface area contributed by atoms with Gasteiger partial charge in [0.05, 0.1) is 44.8 Å². The Kier molecular flexibility index (Phi) is 6.66. The molecule has 0 spiro atoms. The lowest BCUT2D eigenvalue weighted by Gasteiger charge is -2.16. The van der Waals surface area contributed by atoms with E-state index in [4.69, 9.17) is 0 Å². The van der Waals surface area contributed by atoms with Crippen LogP contribution in [0.3, 0.4) is 0 Å². The normalized spacial score (nSPS) is 11.1. The molecule has 0 aliphatic heterocycles. The highest BCUT2D eigenvalue weighted by Gasteiger charge is 2.19. The number of hydrogen-bond donors (Lipinski definition) is 0. The van der Waals surface area contributed by atoms with Crippen molar-refractivity contribution in [3.05, 3.63) is 132 Å². The zero-order chi connectivity index (χ0) is 25.6. The quantitative estimate of drug-likeness (QED) is 0.280. The van der Waals surface area contributed by atoms with E-state index in [2.05, 4.69) is 67.3 Å². The molecule has 10 heteroatoms. The Balaban J connectivity index is 1.25. The molecule has 0 unspecified atom stereocenters.